The van der Waals surface area contributed by atoms with E-state index in [4.69, 9.17) is 10.7 Å². The van der Waals surface area contributed by atoms with E-state index in [2.05, 4.69) is 11.9 Å². The molecule has 0 amide bonds. The Labute approximate surface area is 103 Å². The average molecular weight is 231 g/mol. The van der Waals surface area contributed by atoms with E-state index >= 15 is 0 Å². The maximum Gasteiger partial charge on any atom is 0.131 e. The Kier molecular flexibility index (Phi) is 2.66. The van der Waals surface area contributed by atoms with E-state index in [-0.39, 0.29) is 5.54 Å². The van der Waals surface area contributed by atoms with Crippen LogP contribution in [0.2, 0.25) is 0 Å². The molecule has 0 aliphatic heterocycles. The van der Waals surface area contributed by atoms with Crippen LogP contribution in [0.25, 0.3) is 0 Å². The predicted octanol–water partition coefficient (Wildman–Crippen LogP) is 2.64. The number of fused-ring (bicyclic) bond motifs is 1. The van der Waals surface area contributed by atoms with E-state index < -0.39 is 0 Å². The Morgan fingerprint density at radius 2 is 2.06 bits per heavy atom. The molecule has 1 heterocycles. The number of rotatable bonds is 1. The second kappa shape index (κ2) is 4.05. The molecule has 0 bridgehead atoms. The topological polar surface area (TPSA) is 51.8 Å². The highest BCUT2D eigenvalue weighted by molar-refractivity contribution is 5.30. The van der Waals surface area contributed by atoms with E-state index in [0.717, 1.165) is 24.4 Å². The SMILES string of the molecule is CC1(N)CCc2cnc(C3CCCCC3)nc21. The summed E-state index contributed by atoms with van der Waals surface area (Å²) >= 11 is 0. The van der Waals surface area contributed by atoms with Crippen LogP contribution in [-0.4, -0.2) is 9.97 Å². The molecular weight excluding hydrogens is 210 g/mol. The van der Waals surface area contributed by atoms with E-state index in [1.807, 2.05) is 6.20 Å². The lowest BCUT2D eigenvalue weighted by atomic mass is 9.88. The average Bonchev–Trinajstić information content (AvgIpc) is 2.66. The molecule has 1 fully saturated rings. The van der Waals surface area contributed by atoms with Gasteiger partial charge in [0.15, 0.2) is 0 Å². The van der Waals surface area contributed by atoms with Crippen LogP contribution >= 0.6 is 0 Å². The number of hydrogen-bond acceptors (Lipinski definition) is 3. The summed E-state index contributed by atoms with van der Waals surface area (Å²) in [6.07, 6.45) is 10.6. The van der Waals surface area contributed by atoms with Crippen LogP contribution in [0.1, 0.15) is 68.4 Å². The van der Waals surface area contributed by atoms with E-state index in [1.165, 1.54) is 37.7 Å². The molecule has 3 heteroatoms. The lowest BCUT2D eigenvalue weighted by Crippen LogP contribution is -2.31. The third kappa shape index (κ3) is 1.97. The first-order chi connectivity index (χ1) is 8.17. The number of nitrogens with zero attached hydrogens (tertiary/aromatic N) is 2. The van der Waals surface area contributed by atoms with Crippen LogP contribution in [0.3, 0.4) is 0 Å². The quantitative estimate of drug-likeness (QED) is 0.808. The maximum atomic E-state index is 6.30. The van der Waals surface area contributed by atoms with Crippen molar-refractivity contribution in [2.24, 2.45) is 5.73 Å². The van der Waals surface area contributed by atoms with Crippen molar-refractivity contribution in [3.05, 3.63) is 23.3 Å². The van der Waals surface area contributed by atoms with Gasteiger partial charge >= 0.3 is 0 Å². The minimum atomic E-state index is -0.234. The van der Waals surface area contributed by atoms with Crippen LogP contribution in [0.15, 0.2) is 6.20 Å². The Morgan fingerprint density at radius 3 is 2.82 bits per heavy atom. The van der Waals surface area contributed by atoms with Gasteiger partial charge in [-0.15, -0.1) is 0 Å². The first kappa shape index (κ1) is 11.1. The lowest BCUT2D eigenvalue weighted by Gasteiger charge is -2.23. The van der Waals surface area contributed by atoms with E-state index in [1.54, 1.807) is 0 Å². The van der Waals surface area contributed by atoms with Crippen LogP contribution in [0.4, 0.5) is 0 Å². The Hall–Kier alpha value is -0.960. The second-order valence-corrected chi connectivity index (χ2v) is 5.85. The standard InChI is InChI=1S/C14H21N3/c1-14(15)8-7-11-9-16-13(17-12(11)14)10-5-3-2-4-6-10/h9-10H,2-8,15H2,1H3. The van der Waals surface area contributed by atoms with Crippen molar-refractivity contribution < 1.29 is 0 Å². The molecule has 3 rings (SSSR count). The fraction of sp³-hybridized carbons (Fsp3) is 0.714. The molecule has 0 aromatic carbocycles. The monoisotopic (exact) mass is 231 g/mol. The highest BCUT2D eigenvalue weighted by Crippen LogP contribution is 2.35. The van der Waals surface area contributed by atoms with Gasteiger partial charge in [0.2, 0.25) is 0 Å². The highest BCUT2D eigenvalue weighted by Gasteiger charge is 2.33. The molecule has 1 saturated carbocycles. The van der Waals surface area contributed by atoms with Gasteiger partial charge in [-0.25, -0.2) is 9.97 Å². The number of hydrogen-bond donors (Lipinski definition) is 1. The second-order valence-electron chi connectivity index (χ2n) is 5.85. The number of nitrogens with two attached hydrogens (primary N) is 1. The molecule has 1 aromatic heterocycles. The predicted molar refractivity (Wildman–Crippen MR) is 67.7 cm³/mol. The summed E-state index contributed by atoms with van der Waals surface area (Å²) in [5.41, 5.74) is 8.43. The van der Waals surface area contributed by atoms with Gasteiger partial charge in [-0.2, -0.15) is 0 Å². The van der Waals surface area contributed by atoms with Gasteiger partial charge in [0.1, 0.15) is 5.82 Å². The summed E-state index contributed by atoms with van der Waals surface area (Å²) in [5.74, 6) is 1.62. The molecule has 1 aromatic rings. The van der Waals surface area contributed by atoms with Gasteiger partial charge in [-0.3, -0.25) is 0 Å². The van der Waals surface area contributed by atoms with Crippen molar-refractivity contribution in [2.75, 3.05) is 0 Å². The minimum Gasteiger partial charge on any atom is -0.320 e. The fourth-order valence-corrected chi connectivity index (χ4v) is 3.17. The third-order valence-corrected chi connectivity index (χ3v) is 4.31. The maximum absolute atomic E-state index is 6.30. The summed E-state index contributed by atoms with van der Waals surface area (Å²) in [7, 11) is 0. The molecule has 1 unspecified atom stereocenters. The Morgan fingerprint density at radius 1 is 1.29 bits per heavy atom. The van der Waals surface area contributed by atoms with Crippen LogP contribution in [-0.2, 0) is 12.0 Å². The summed E-state index contributed by atoms with van der Waals surface area (Å²) in [5, 5.41) is 0. The zero-order chi connectivity index (χ0) is 11.9. The fourth-order valence-electron chi connectivity index (χ4n) is 3.17. The first-order valence-corrected chi connectivity index (χ1v) is 6.82. The molecule has 0 radical (unpaired) electrons. The normalized spacial score (nSPS) is 29.3. The van der Waals surface area contributed by atoms with Crippen LogP contribution in [0, 0.1) is 0 Å². The van der Waals surface area contributed by atoms with Crippen molar-refractivity contribution in [3.63, 3.8) is 0 Å². The van der Waals surface area contributed by atoms with Gasteiger partial charge in [-0.05, 0) is 38.2 Å². The number of aryl methyl sites for hydroxylation is 1. The Bertz CT molecular complexity index is 419. The zero-order valence-electron chi connectivity index (χ0n) is 10.6. The molecule has 2 aliphatic rings. The summed E-state index contributed by atoms with van der Waals surface area (Å²) in [6, 6.07) is 0. The largest absolute Gasteiger partial charge is 0.320 e. The molecule has 0 saturated heterocycles. The van der Waals surface area contributed by atoms with Crippen molar-refractivity contribution >= 4 is 0 Å². The highest BCUT2D eigenvalue weighted by atomic mass is 14.9. The smallest absolute Gasteiger partial charge is 0.131 e. The van der Waals surface area contributed by atoms with E-state index in [9.17, 15) is 0 Å². The molecule has 2 aliphatic carbocycles. The number of aromatic nitrogens is 2. The zero-order valence-corrected chi connectivity index (χ0v) is 10.6. The van der Waals surface area contributed by atoms with Crippen LogP contribution in [0.5, 0.6) is 0 Å². The molecular formula is C14H21N3. The molecule has 2 N–H and O–H groups in total. The van der Waals surface area contributed by atoms with Gasteiger partial charge < -0.3 is 5.73 Å². The molecule has 3 nitrogen and oxygen atoms in total. The summed E-state index contributed by atoms with van der Waals surface area (Å²) < 4.78 is 0. The lowest BCUT2D eigenvalue weighted by molar-refractivity contribution is 0.422. The molecule has 1 atom stereocenters. The van der Waals surface area contributed by atoms with Crippen molar-refractivity contribution in [1.82, 2.24) is 9.97 Å². The van der Waals surface area contributed by atoms with Crippen molar-refractivity contribution in [2.45, 2.75) is 63.3 Å². The van der Waals surface area contributed by atoms with Crippen molar-refractivity contribution in [3.8, 4) is 0 Å². The van der Waals surface area contributed by atoms with Crippen molar-refractivity contribution in [1.29, 1.82) is 0 Å². The van der Waals surface area contributed by atoms with E-state index in [0.29, 0.717) is 5.92 Å². The third-order valence-electron chi connectivity index (χ3n) is 4.31. The van der Waals surface area contributed by atoms with Gasteiger partial charge in [0.25, 0.3) is 0 Å². The molecule has 92 valence electrons. The first-order valence-electron chi connectivity index (χ1n) is 6.82. The van der Waals surface area contributed by atoms with Gasteiger partial charge in [0, 0.05) is 12.1 Å². The minimum absolute atomic E-state index is 0.234. The van der Waals surface area contributed by atoms with Gasteiger partial charge in [-0.1, -0.05) is 19.3 Å². The Balaban J connectivity index is 1.92. The van der Waals surface area contributed by atoms with Gasteiger partial charge in [0.05, 0.1) is 11.2 Å². The van der Waals surface area contributed by atoms with Crippen LogP contribution < -0.4 is 5.73 Å². The molecule has 0 spiro atoms. The summed E-state index contributed by atoms with van der Waals surface area (Å²) in [4.78, 5) is 9.37. The molecule has 17 heavy (non-hydrogen) atoms. The summed E-state index contributed by atoms with van der Waals surface area (Å²) in [6.45, 7) is 2.09.